The summed E-state index contributed by atoms with van der Waals surface area (Å²) in [6, 6.07) is 13.6. The molecule has 0 aliphatic heterocycles. The molecular formula is C20H21N5OS. The van der Waals surface area contributed by atoms with Gasteiger partial charge < -0.3 is 4.57 Å². The zero-order chi connectivity index (χ0) is 19.2. The maximum Gasteiger partial charge on any atom is 0.278 e. The average Bonchev–Trinajstić information content (AvgIpc) is 3.19. The number of rotatable bonds is 3. The first-order chi connectivity index (χ1) is 12.9. The van der Waals surface area contributed by atoms with Gasteiger partial charge in [0, 0.05) is 11.7 Å². The molecule has 1 N–H and O–H groups in total. The number of aromatic nitrogens is 4. The summed E-state index contributed by atoms with van der Waals surface area (Å²) in [5, 5.41) is 3.76. The summed E-state index contributed by atoms with van der Waals surface area (Å²) >= 11 is 1.51. The molecule has 27 heavy (non-hydrogen) atoms. The first-order valence-corrected chi connectivity index (χ1v) is 9.93. The summed E-state index contributed by atoms with van der Waals surface area (Å²) in [6.45, 7) is 6.28. The van der Waals surface area contributed by atoms with Crippen molar-refractivity contribution in [1.82, 2.24) is 18.9 Å². The largest absolute Gasteiger partial charge is 0.305 e. The number of nitrogens with one attached hydrogen (secondary N) is 1. The third-order valence-corrected chi connectivity index (χ3v) is 5.02. The summed E-state index contributed by atoms with van der Waals surface area (Å²) in [5.41, 5.74) is 2.77. The number of pyridine rings is 1. The lowest BCUT2D eigenvalue weighted by Crippen LogP contribution is -2.26. The normalized spacial score (nSPS) is 12.0. The van der Waals surface area contributed by atoms with Crippen molar-refractivity contribution in [3.8, 4) is 0 Å². The lowest BCUT2D eigenvalue weighted by atomic mass is 10.1. The van der Waals surface area contributed by atoms with Crippen LogP contribution in [0.4, 0.5) is 5.95 Å². The molecule has 3 aromatic heterocycles. The van der Waals surface area contributed by atoms with Crippen molar-refractivity contribution in [1.29, 1.82) is 0 Å². The molecule has 1 amide bonds. The molecule has 0 fully saturated rings. The summed E-state index contributed by atoms with van der Waals surface area (Å²) < 4.78 is 3.97. The standard InChI is InChI=1S/C20H21N5OS/c1-20(2,3)25-14-10-6-5-9-13(14)21-18(25)23-17(26)16-15-11-7-8-12-24(15)19(22-16)27-4/h5-12H,1-4H3,(H,21,23,26). The quantitative estimate of drug-likeness (QED) is 0.536. The molecule has 0 radical (unpaired) electrons. The Kier molecular flexibility index (Phi) is 4.19. The van der Waals surface area contributed by atoms with E-state index in [1.807, 2.05) is 63.9 Å². The van der Waals surface area contributed by atoms with E-state index in [1.54, 1.807) is 0 Å². The number of anilines is 1. The summed E-state index contributed by atoms with van der Waals surface area (Å²) in [6.07, 6.45) is 3.86. The van der Waals surface area contributed by atoms with Crippen LogP contribution in [-0.4, -0.2) is 31.1 Å². The number of amides is 1. The summed E-state index contributed by atoms with van der Waals surface area (Å²) in [7, 11) is 0. The van der Waals surface area contributed by atoms with Crippen molar-refractivity contribution in [2.45, 2.75) is 31.5 Å². The van der Waals surface area contributed by atoms with Gasteiger partial charge in [-0.15, -0.1) is 0 Å². The Morgan fingerprint density at radius 1 is 1.04 bits per heavy atom. The smallest absolute Gasteiger partial charge is 0.278 e. The summed E-state index contributed by atoms with van der Waals surface area (Å²) in [4.78, 5) is 22.2. The Bertz CT molecular complexity index is 1150. The first-order valence-electron chi connectivity index (χ1n) is 8.70. The minimum absolute atomic E-state index is 0.237. The second-order valence-electron chi connectivity index (χ2n) is 7.29. The van der Waals surface area contributed by atoms with Crippen LogP contribution in [0.1, 0.15) is 31.3 Å². The van der Waals surface area contributed by atoms with E-state index in [1.165, 1.54) is 11.8 Å². The molecule has 3 heterocycles. The van der Waals surface area contributed by atoms with E-state index in [0.717, 1.165) is 21.7 Å². The van der Waals surface area contributed by atoms with Gasteiger partial charge >= 0.3 is 0 Å². The van der Waals surface area contributed by atoms with Gasteiger partial charge in [0.1, 0.15) is 0 Å². The van der Waals surface area contributed by atoms with Gasteiger partial charge in [-0.3, -0.25) is 14.5 Å². The predicted molar refractivity (Wildman–Crippen MR) is 110 cm³/mol. The maximum absolute atomic E-state index is 13.1. The van der Waals surface area contributed by atoms with Crippen LogP contribution in [0.15, 0.2) is 53.8 Å². The van der Waals surface area contributed by atoms with E-state index in [4.69, 9.17) is 0 Å². The number of fused-ring (bicyclic) bond motifs is 2. The fourth-order valence-corrected chi connectivity index (χ4v) is 3.81. The molecule has 0 aliphatic carbocycles. The molecule has 0 unspecified atom stereocenters. The molecule has 0 atom stereocenters. The molecule has 4 aromatic rings. The molecule has 0 saturated carbocycles. The van der Waals surface area contributed by atoms with Crippen LogP contribution < -0.4 is 5.32 Å². The number of hydrogen-bond acceptors (Lipinski definition) is 4. The van der Waals surface area contributed by atoms with Gasteiger partial charge in [-0.1, -0.05) is 30.0 Å². The number of para-hydroxylation sites is 2. The molecule has 7 heteroatoms. The Balaban J connectivity index is 1.81. The van der Waals surface area contributed by atoms with Gasteiger partial charge in [-0.2, -0.15) is 0 Å². The molecule has 1 aromatic carbocycles. The number of carbonyl (C=O) groups is 1. The maximum atomic E-state index is 13.1. The second-order valence-corrected chi connectivity index (χ2v) is 8.06. The number of thioether (sulfide) groups is 1. The fraction of sp³-hybridized carbons (Fsp3) is 0.250. The van der Waals surface area contributed by atoms with Gasteiger partial charge in [-0.05, 0) is 51.3 Å². The van der Waals surface area contributed by atoms with Gasteiger partial charge in [0.2, 0.25) is 5.95 Å². The Labute approximate surface area is 161 Å². The van der Waals surface area contributed by atoms with Gasteiger partial charge in [0.05, 0.1) is 16.6 Å². The number of imidazole rings is 2. The van der Waals surface area contributed by atoms with Crippen molar-refractivity contribution in [3.63, 3.8) is 0 Å². The van der Waals surface area contributed by atoms with Crippen LogP contribution in [0.2, 0.25) is 0 Å². The van der Waals surface area contributed by atoms with Crippen LogP contribution in [0, 0.1) is 0 Å². The van der Waals surface area contributed by atoms with Crippen LogP contribution in [-0.2, 0) is 5.54 Å². The van der Waals surface area contributed by atoms with E-state index >= 15 is 0 Å². The van der Waals surface area contributed by atoms with E-state index in [9.17, 15) is 4.79 Å². The number of carbonyl (C=O) groups excluding carboxylic acids is 1. The second kappa shape index (κ2) is 6.42. The van der Waals surface area contributed by atoms with Gasteiger partial charge in [0.25, 0.3) is 5.91 Å². The molecule has 6 nitrogen and oxygen atoms in total. The van der Waals surface area contributed by atoms with E-state index < -0.39 is 0 Å². The zero-order valence-electron chi connectivity index (χ0n) is 15.7. The third kappa shape index (κ3) is 2.98. The molecule has 138 valence electrons. The van der Waals surface area contributed by atoms with E-state index in [-0.39, 0.29) is 11.4 Å². The molecule has 0 saturated heterocycles. The van der Waals surface area contributed by atoms with Crippen LogP contribution in [0.5, 0.6) is 0 Å². The Morgan fingerprint density at radius 2 is 1.74 bits per heavy atom. The third-order valence-electron chi connectivity index (χ3n) is 4.37. The first kappa shape index (κ1) is 17.6. The van der Waals surface area contributed by atoms with Crippen molar-refractivity contribution in [3.05, 3.63) is 54.4 Å². The molecule has 4 rings (SSSR count). The number of benzene rings is 1. The Morgan fingerprint density at radius 3 is 2.48 bits per heavy atom. The topological polar surface area (TPSA) is 64.2 Å². The van der Waals surface area contributed by atoms with E-state index in [0.29, 0.717) is 11.6 Å². The average molecular weight is 379 g/mol. The Hall–Kier alpha value is -2.80. The van der Waals surface area contributed by atoms with Crippen molar-refractivity contribution < 1.29 is 4.79 Å². The lowest BCUT2D eigenvalue weighted by Gasteiger charge is -2.24. The minimum Gasteiger partial charge on any atom is -0.305 e. The van der Waals surface area contributed by atoms with E-state index in [2.05, 4.69) is 36.1 Å². The highest BCUT2D eigenvalue weighted by Gasteiger charge is 2.24. The van der Waals surface area contributed by atoms with Crippen molar-refractivity contribution in [2.24, 2.45) is 0 Å². The van der Waals surface area contributed by atoms with Gasteiger partial charge in [0.15, 0.2) is 10.9 Å². The molecule has 0 spiro atoms. The lowest BCUT2D eigenvalue weighted by molar-refractivity contribution is 0.102. The van der Waals surface area contributed by atoms with Crippen LogP contribution >= 0.6 is 11.8 Å². The highest BCUT2D eigenvalue weighted by Crippen LogP contribution is 2.28. The monoisotopic (exact) mass is 379 g/mol. The van der Waals surface area contributed by atoms with Crippen molar-refractivity contribution >= 4 is 40.2 Å². The van der Waals surface area contributed by atoms with Gasteiger partial charge in [-0.25, -0.2) is 9.97 Å². The molecule has 0 aliphatic rings. The van der Waals surface area contributed by atoms with Crippen molar-refractivity contribution in [2.75, 3.05) is 11.6 Å². The fourth-order valence-electron chi connectivity index (χ4n) is 3.27. The highest BCUT2D eigenvalue weighted by atomic mass is 32.2. The predicted octanol–water partition coefficient (Wildman–Crippen LogP) is 4.41. The van der Waals surface area contributed by atoms with Crippen LogP contribution in [0.25, 0.3) is 16.6 Å². The van der Waals surface area contributed by atoms with Crippen LogP contribution in [0.3, 0.4) is 0 Å². The number of hydrogen-bond donors (Lipinski definition) is 1. The minimum atomic E-state index is -0.264. The highest BCUT2D eigenvalue weighted by molar-refractivity contribution is 7.98. The molecular weight excluding hydrogens is 358 g/mol. The molecule has 0 bridgehead atoms. The number of nitrogens with zero attached hydrogens (tertiary/aromatic N) is 4. The summed E-state index contributed by atoms with van der Waals surface area (Å²) in [5.74, 6) is 0.260. The SMILES string of the molecule is CSc1nc(C(=O)Nc2nc3ccccc3n2C(C)(C)C)c2ccccn12. The zero-order valence-corrected chi connectivity index (χ0v) is 16.5.